The van der Waals surface area contributed by atoms with Crippen molar-refractivity contribution in [2.75, 3.05) is 46.8 Å². The highest BCUT2D eigenvalue weighted by molar-refractivity contribution is 14.0. The molecule has 0 aromatic heterocycles. The van der Waals surface area contributed by atoms with Crippen LogP contribution in [0.1, 0.15) is 42.6 Å². The minimum absolute atomic E-state index is 0. The maximum atomic E-state index is 11.7. The first-order chi connectivity index (χ1) is 12.6. The van der Waals surface area contributed by atoms with Crippen LogP contribution in [0.5, 0.6) is 0 Å². The Morgan fingerprint density at radius 1 is 1.11 bits per heavy atom. The third-order valence-corrected chi connectivity index (χ3v) is 4.43. The Hall–Kier alpha value is -1.35. The molecule has 0 unspecified atom stereocenters. The number of hydrogen-bond donors (Lipinski definition) is 3. The van der Waals surface area contributed by atoms with Gasteiger partial charge in [-0.25, -0.2) is 0 Å². The zero-order valence-corrected chi connectivity index (χ0v) is 19.5. The molecule has 0 heterocycles. The number of nitrogens with one attached hydrogen (secondary N) is 3. The summed E-state index contributed by atoms with van der Waals surface area (Å²) < 4.78 is 0. The number of carbonyl (C=O) groups is 1. The van der Waals surface area contributed by atoms with Gasteiger partial charge in [0.05, 0.1) is 0 Å². The van der Waals surface area contributed by atoms with E-state index in [0.29, 0.717) is 5.56 Å². The summed E-state index contributed by atoms with van der Waals surface area (Å²) in [4.78, 5) is 18.4. The molecule has 0 fully saturated rings. The number of amides is 1. The molecule has 27 heavy (non-hydrogen) atoms. The Labute approximate surface area is 181 Å². The van der Waals surface area contributed by atoms with Gasteiger partial charge in [0, 0.05) is 32.7 Å². The Bertz CT molecular complexity index is 561. The fourth-order valence-electron chi connectivity index (χ4n) is 2.77. The quantitative estimate of drug-likeness (QED) is 0.193. The van der Waals surface area contributed by atoms with E-state index >= 15 is 0 Å². The average molecular weight is 489 g/mol. The number of benzene rings is 1. The van der Waals surface area contributed by atoms with Gasteiger partial charge in [-0.3, -0.25) is 9.79 Å². The minimum Gasteiger partial charge on any atom is -0.356 e. The van der Waals surface area contributed by atoms with E-state index in [0.717, 1.165) is 57.1 Å². The number of nitrogens with zero attached hydrogens (tertiary/aromatic N) is 2. The third-order valence-electron chi connectivity index (χ3n) is 4.43. The van der Waals surface area contributed by atoms with Gasteiger partial charge in [0.25, 0.3) is 5.91 Å². The fourth-order valence-corrected chi connectivity index (χ4v) is 2.77. The Kier molecular flexibility index (Phi) is 14.9. The molecule has 7 heteroatoms. The van der Waals surface area contributed by atoms with Crippen molar-refractivity contribution in [2.24, 2.45) is 4.99 Å². The second-order valence-corrected chi connectivity index (χ2v) is 6.19. The summed E-state index contributed by atoms with van der Waals surface area (Å²) >= 11 is 0. The fraction of sp³-hybridized carbons (Fsp3) is 0.600. The highest BCUT2D eigenvalue weighted by atomic mass is 127. The summed E-state index contributed by atoms with van der Waals surface area (Å²) in [5, 5.41) is 9.34. The molecule has 0 bridgehead atoms. The van der Waals surface area contributed by atoms with Crippen LogP contribution in [0.15, 0.2) is 29.3 Å². The number of guanidine groups is 1. The Morgan fingerprint density at radius 2 is 1.81 bits per heavy atom. The lowest BCUT2D eigenvalue weighted by Crippen LogP contribution is -2.39. The van der Waals surface area contributed by atoms with E-state index in [1.807, 2.05) is 24.3 Å². The van der Waals surface area contributed by atoms with Gasteiger partial charge < -0.3 is 20.9 Å². The molecule has 0 saturated heterocycles. The predicted octanol–water partition coefficient (Wildman–Crippen LogP) is 2.49. The van der Waals surface area contributed by atoms with Crippen LogP contribution in [0, 0.1) is 0 Å². The van der Waals surface area contributed by atoms with Gasteiger partial charge in [0.2, 0.25) is 0 Å². The lowest BCUT2D eigenvalue weighted by Gasteiger charge is -2.18. The lowest BCUT2D eigenvalue weighted by atomic mass is 10.1. The van der Waals surface area contributed by atoms with E-state index in [1.54, 1.807) is 14.1 Å². The first-order valence-corrected chi connectivity index (χ1v) is 9.62. The SMILES string of the molecule is CCN(CC)CCCCNC(=NC)NCCc1cccc(C(=O)NC)c1.I. The summed E-state index contributed by atoms with van der Waals surface area (Å²) in [6.07, 6.45) is 3.16. The van der Waals surface area contributed by atoms with Crippen LogP contribution in [-0.2, 0) is 6.42 Å². The van der Waals surface area contributed by atoms with Crippen molar-refractivity contribution in [2.45, 2.75) is 33.1 Å². The zero-order valence-electron chi connectivity index (χ0n) is 17.2. The van der Waals surface area contributed by atoms with Crippen LogP contribution in [-0.4, -0.2) is 63.6 Å². The standard InChI is InChI=1S/C20H35N5O.HI/c1-5-25(6-2)15-8-7-13-23-20(22-4)24-14-12-17-10-9-11-18(16-17)19(26)21-3;/h9-11,16H,5-8,12-15H2,1-4H3,(H,21,26)(H2,22,23,24);1H. The Morgan fingerprint density at radius 3 is 2.44 bits per heavy atom. The van der Waals surface area contributed by atoms with Crippen molar-refractivity contribution < 1.29 is 4.79 Å². The monoisotopic (exact) mass is 489 g/mol. The van der Waals surface area contributed by atoms with Gasteiger partial charge in [-0.15, -0.1) is 24.0 Å². The van der Waals surface area contributed by atoms with Gasteiger partial charge in [0.15, 0.2) is 5.96 Å². The lowest BCUT2D eigenvalue weighted by molar-refractivity contribution is 0.0963. The van der Waals surface area contributed by atoms with Crippen LogP contribution in [0.25, 0.3) is 0 Å². The van der Waals surface area contributed by atoms with Crippen molar-refractivity contribution >= 4 is 35.8 Å². The largest absolute Gasteiger partial charge is 0.356 e. The van der Waals surface area contributed by atoms with Gasteiger partial charge in [-0.2, -0.15) is 0 Å². The Balaban J connectivity index is 0.00000676. The van der Waals surface area contributed by atoms with E-state index in [-0.39, 0.29) is 29.9 Å². The van der Waals surface area contributed by atoms with E-state index in [1.165, 1.54) is 6.42 Å². The number of unbranched alkanes of at least 4 members (excludes halogenated alkanes) is 1. The second kappa shape index (κ2) is 15.7. The minimum atomic E-state index is -0.0537. The molecular weight excluding hydrogens is 453 g/mol. The number of hydrogen-bond acceptors (Lipinski definition) is 3. The first-order valence-electron chi connectivity index (χ1n) is 9.62. The van der Waals surface area contributed by atoms with E-state index in [9.17, 15) is 4.79 Å². The maximum Gasteiger partial charge on any atom is 0.251 e. The molecule has 0 aliphatic heterocycles. The molecule has 1 amide bonds. The van der Waals surface area contributed by atoms with Crippen LogP contribution in [0.4, 0.5) is 0 Å². The highest BCUT2D eigenvalue weighted by Crippen LogP contribution is 2.05. The van der Waals surface area contributed by atoms with E-state index < -0.39 is 0 Å². The molecule has 1 rings (SSSR count). The predicted molar refractivity (Wildman–Crippen MR) is 125 cm³/mol. The molecule has 0 aliphatic rings. The third kappa shape index (κ3) is 10.5. The summed E-state index contributed by atoms with van der Waals surface area (Å²) in [5.74, 6) is 0.775. The summed E-state index contributed by atoms with van der Waals surface area (Å²) in [7, 11) is 3.44. The number of aliphatic imine (C=N–C) groups is 1. The van der Waals surface area contributed by atoms with Crippen LogP contribution in [0.2, 0.25) is 0 Å². The normalized spacial score (nSPS) is 11.1. The second-order valence-electron chi connectivity index (χ2n) is 6.19. The molecule has 154 valence electrons. The summed E-state index contributed by atoms with van der Waals surface area (Å²) in [6, 6.07) is 7.72. The van der Waals surface area contributed by atoms with E-state index in [4.69, 9.17) is 0 Å². The van der Waals surface area contributed by atoms with Crippen LogP contribution in [0.3, 0.4) is 0 Å². The van der Waals surface area contributed by atoms with Crippen molar-refractivity contribution in [3.8, 4) is 0 Å². The smallest absolute Gasteiger partial charge is 0.251 e. The summed E-state index contributed by atoms with van der Waals surface area (Å²) in [5.41, 5.74) is 1.83. The zero-order chi connectivity index (χ0) is 19.2. The van der Waals surface area contributed by atoms with Crippen LogP contribution >= 0.6 is 24.0 Å². The molecule has 1 aromatic carbocycles. The molecule has 0 aliphatic carbocycles. The van der Waals surface area contributed by atoms with Crippen molar-refractivity contribution in [3.05, 3.63) is 35.4 Å². The topological polar surface area (TPSA) is 68.8 Å². The highest BCUT2D eigenvalue weighted by Gasteiger charge is 2.04. The van der Waals surface area contributed by atoms with Crippen molar-refractivity contribution in [1.29, 1.82) is 0 Å². The van der Waals surface area contributed by atoms with Crippen molar-refractivity contribution in [3.63, 3.8) is 0 Å². The number of rotatable bonds is 11. The van der Waals surface area contributed by atoms with E-state index in [2.05, 4.69) is 39.7 Å². The summed E-state index contributed by atoms with van der Waals surface area (Å²) in [6.45, 7) is 9.50. The number of halogens is 1. The molecule has 0 radical (unpaired) electrons. The van der Waals surface area contributed by atoms with Gasteiger partial charge in [-0.05, 0) is 56.6 Å². The molecule has 1 aromatic rings. The van der Waals surface area contributed by atoms with Crippen LogP contribution < -0.4 is 16.0 Å². The van der Waals surface area contributed by atoms with Gasteiger partial charge in [0.1, 0.15) is 0 Å². The average Bonchev–Trinajstić information content (AvgIpc) is 2.68. The molecule has 3 N–H and O–H groups in total. The molecule has 0 atom stereocenters. The molecular formula is C20H36IN5O. The van der Waals surface area contributed by atoms with Gasteiger partial charge >= 0.3 is 0 Å². The first kappa shape index (κ1) is 25.6. The molecule has 0 spiro atoms. The van der Waals surface area contributed by atoms with Gasteiger partial charge in [-0.1, -0.05) is 26.0 Å². The number of carbonyl (C=O) groups excluding carboxylic acids is 1. The van der Waals surface area contributed by atoms with Crippen molar-refractivity contribution in [1.82, 2.24) is 20.9 Å². The maximum absolute atomic E-state index is 11.7. The molecule has 0 saturated carbocycles. The molecule has 6 nitrogen and oxygen atoms in total.